The van der Waals surface area contributed by atoms with Gasteiger partial charge in [-0.25, -0.2) is 10.1 Å². The molecule has 0 unspecified atom stereocenters. The SMILES string of the molecule is O=C(NOCCCO)c1nonc1CO. The molecule has 0 bridgehead atoms. The first kappa shape index (κ1) is 11.6. The molecule has 1 aromatic rings. The molecule has 1 aromatic heterocycles. The van der Waals surface area contributed by atoms with E-state index in [1.807, 2.05) is 0 Å². The number of aromatic nitrogens is 2. The number of hydrogen-bond acceptors (Lipinski definition) is 7. The van der Waals surface area contributed by atoms with E-state index in [9.17, 15) is 4.79 Å². The first-order chi connectivity index (χ1) is 7.29. The van der Waals surface area contributed by atoms with Crippen molar-refractivity contribution in [3.05, 3.63) is 11.4 Å². The van der Waals surface area contributed by atoms with Crippen molar-refractivity contribution in [2.45, 2.75) is 13.0 Å². The van der Waals surface area contributed by atoms with Crippen LogP contribution in [0, 0.1) is 0 Å². The lowest BCUT2D eigenvalue weighted by Crippen LogP contribution is -2.25. The number of carbonyl (C=O) groups excluding carboxylic acids is 1. The minimum atomic E-state index is -0.654. The van der Waals surface area contributed by atoms with Crippen molar-refractivity contribution in [3.8, 4) is 0 Å². The van der Waals surface area contributed by atoms with E-state index in [1.54, 1.807) is 0 Å². The van der Waals surface area contributed by atoms with Crippen molar-refractivity contribution in [1.82, 2.24) is 15.8 Å². The third kappa shape index (κ3) is 3.27. The number of hydroxylamine groups is 1. The zero-order valence-electron chi connectivity index (χ0n) is 7.84. The zero-order chi connectivity index (χ0) is 11.1. The summed E-state index contributed by atoms with van der Waals surface area (Å²) in [6, 6.07) is 0. The molecule has 1 heterocycles. The summed E-state index contributed by atoms with van der Waals surface area (Å²) in [5.74, 6) is -0.654. The second kappa shape index (κ2) is 6.06. The minimum Gasteiger partial charge on any atom is -0.396 e. The number of rotatable bonds is 6. The number of hydrogen-bond donors (Lipinski definition) is 3. The van der Waals surface area contributed by atoms with Crippen molar-refractivity contribution in [2.75, 3.05) is 13.2 Å². The summed E-state index contributed by atoms with van der Waals surface area (Å²) in [6.07, 6.45) is 0.407. The highest BCUT2D eigenvalue weighted by Gasteiger charge is 2.17. The van der Waals surface area contributed by atoms with Crippen molar-refractivity contribution < 1.29 is 24.5 Å². The predicted octanol–water partition coefficient (Wildman–Crippen LogP) is -1.39. The fourth-order valence-electron chi connectivity index (χ4n) is 0.784. The summed E-state index contributed by atoms with van der Waals surface area (Å²) in [5, 5.41) is 23.8. The van der Waals surface area contributed by atoms with Gasteiger partial charge in [0.1, 0.15) is 5.69 Å². The fourth-order valence-corrected chi connectivity index (χ4v) is 0.784. The quantitative estimate of drug-likeness (QED) is 0.396. The maximum absolute atomic E-state index is 11.3. The first-order valence-corrected chi connectivity index (χ1v) is 4.25. The fraction of sp³-hybridized carbons (Fsp3) is 0.571. The molecule has 0 atom stereocenters. The van der Waals surface area contributed by atoms with E-state index in [4.69, 9.17) is 15.1 Å². The van der Waals surface area contributed by atoms with E-state index in [-0.39, 0.29) is 24.6 Å². The standard InChI is InChI=1S/C7H11N3O5/c11-2-1-3-14-10-7(13)6-5(4-12)8-15-9-6/h11-12H,1-4H2,(H,10,13). The van der Waals surface area contributed by atoms with Crippen LogP contribution in [-0.4, -0.2) is 39.6 Å². The Kier molecular flexibility index (Phi) is 4.68. The normalized spacial score (nSPS) is 10.3. The van der Waals surface area contributed by atoms with Crippen LogP contribution in [0.4, 0.5) is 0 Å². The Bertz CT molecular complexity index is 313. The van der Waals surface area contributed by atoms with Gasteiger partial charge in [-0.2, -0.15) is 0 Å². The maximum atomic E-state index is 11.3. The Hall–Kier alpha value is -1.51. The smallest absolute Gasteiger partial charge is 0.299 e. The molecule has 0 aliphatic heterocycles. The van der Waals surface area contributed by atoms with E-state index < -0.39 is 12.5 Å². The second-order valence-electron chi connectivity index (χ2n) is 2.57. The molecule has 1 rings (SSSR count). The topological polar surface area (TPSA) is 118 Å². The highest BCUT2D eigenvalue weighted by atomic mass is 16.7. The Morgan fingerprint density at radius 1 is 1.47 bits per heavy atom. The predicted molar refractivity (Wildman–Crippen MR) is 45.3 cm³/mol. The lowest BCUT2D eigenvalue weighted by molar-refractivity contribution is 0.0253. The molecule has 8 heteroatoms. The van der Waals surface area contributed by atoms with Gasteiger partial charge in [-0.3, -0.25) is 9.63 Å². The van der Waals surface area contributed by atoms with Crippen molar-refractivity contribution in [3.63, 3.8) is 0 Å². The number of aliphatic hydroxyl groups excluding tert-OH is 2. The number of nitrogens with one attached hydrogen (secondary N) is 1. The first-order valence-electron chi connectivity index (χ1n) is 4.25. The Morgan fingerprint density at radius 2 is 2.27 bits per heavy atom. The summed E-state index contributed by atoms with van der Waals surface area (Å²) >= 11 is 0. The van der Waals surface area contributed by atoms with Gasteiger partial charge in [-0.1, -0.05) is 5.16 Å². The van der Waals surface area contributed by atoms with Crippen LogP contribution in [0.5, 0.6) is 0 Å². The van der Waals surface area contributed by atoms with Crippen molar-refractivity contribution >= 4 is 5.91 Å². The third-order valence-corrected chi connectivity index (χ3v) is 1.49. The van der Waals surface area contributed by atoms with Crippen LogP contribution < -0.4 is 5.48 Å². The molecule has 0 aromatic carbocycles. The van der Waals surface area contributed by atoms with Gasteiger partial charge in [-0.05, 0) is 11.6 Å². The lowest BCUT2D eigenvalue weighted by Gasteiger charge is -2.02. The van der Waals surface area contributed by atoms with Crippen LogP contribution in [0.1, 0.15) is 22.6 Å². The molecule has 0 saturated heterocycles. The largest absolute Gasteiger partial charge is 0.396 e. The molecule has 0 aliphatic rings. The van der Waals surface area contributed by atoms with Crippen LogP contribution in [-0.2, 0) is 11.4 Å². The van der Waals surface area contributed by atoms with Gasteiger partial charge in [0.2, 0.25) is 0 Å². The van der Waals surface area contributed by atoms with E-state index in [1.165, 1.54) is 0 Å². The molecular formula is C7H11N3O5. The minimum absolute atomic E-state index is 0.0245. The van der Waals surface area contributed by atoms with E-state index in [0.29, 0.717) is 6.42 Å². The van der Waals surface area contributed by atoms with Gasteiger partial charge in [-0.15, -0.1) is 0 Å². The summed E-state index contributed by atoms with van der Waals surface area (Å²) < 4.78 is 4.27. The zero-order valence-corrected chi connectivity index (χ0v) is 7.84. The van der Waals surface area contributed by atoms with Crippen LogP contribution >= 0.6 is 0 Å². The van der Waals surface area contributed by atoms with Crippen LogP contribution in [0.2, 0.25) is 0 Å². The monoisotopic (exact) mass is 217 g/mol. The molecule has 0 aliphatic carbocycles. The number of carbonyl (C=O) groups is 1. The van der Waals surface area contributed by atoms with Gasteiger partial charge in [0.05, 0.1) is 13.2 Å². The highest BCUT2D eigenvalue weighted by molar-refractivity contribution is 5.92. The van der Waals surface area contributed by atoms with E-state index in [0.717, 1.165) is 0 Å². The molecule has 0 saturated carbocycles. The summed E-state index contributed by atoms with van der Waals surface area (Å²) in [4.78, 5) is 16.0. The van der Waals surface area contributed by atoms with Crippen LogP contribution in [0.3, 0.4) is 0 Å². The van der Waals surface area contributed by atoms with Crippen molar-refractivity contribution in [1.29, 1.82) is 0 Å². The van der Waals surface area contributed by atoms with Crippen LogP contribution in [0.15, 0.2) is 4.63 Å². The Balaban J connectivity index is 2.40. The molecular weight excluding hydrogens is 206 g/mol. The molecule has 0 radical (unpaired) electrons. The molecule has 0 fully saturated rings. The van der Waals surface area contributed by atoms with Gasteiger partial charge in [0, 0.05) is 6.61 Å². The number of amides is 1. The van der Waals surface area contributed by atoms with Gasteiger partial charge in [0.25, 0.3) is 5.91 Å². The average molecular weight is 217 g/mol. The average Bonchev–Trinajstić information content (AvgIpc) is 2.72. The molecule has 84 valence electrons. The molecule has 8 nitrogen and oxygen atoms in total. The third-order valence-electron chi connectivity index (χ3n) is 1.49. The molecule has 1 amide bonds. The Labute approximate surface area is 84.8 Å². The van der Waals surface area contributed by atoms with Crippen LogP contribution in [0.25, 0.3) is 0 Å². The van der Waals surface area contributed by atoms with Gasteiger partial charge < -0.3 is 10.2 Å². The molecule has 15 heavy (non-hydrogen) atoms. The Morgan fingerprint density at radius 3 is 2.93 bits per heavy atom. The van der Waals surface area contributed by atoms with E-state index in [2.05, 4.69) is 20.4 Å². The second-order valence-corrected chi connectivity index (χ2v) is 2.57. The number of nitrogens with zero attached hydrogens (tertiary/aromatic N) is 2. The highest BCUT2D eigenvalue weighted by Crippen LogP contribution is 2.01. The van der Waals surface area contributed by atoms with E-state index >= 15 is 0 Å². The lowest BCUT2D eigenvalue weighted by atomic mass is 10.3. The summed E-state index contributed by atoms with van der Waals surface area (Å²) in [7, 11) is 0. The number of aliphatic hydroxyl groups is 2. The van der Waals surface area contributed by atoms with Crippen molar-refractivity contribution in [2.24, 2.45) is 0 Å². The van der Waals surface area contributed by atoms with Gasteiger partial charge >= 0.3 is 0 Å². The van der Waals surface area contributed by atoms with Gasteiger partial charge in [0.15, 0.2) is 5.69 Å². The maximum Gasteiger partial charge on any atom is 0.299 e. The molecule has 3 N–H and O–H groups in total. The summed E-state index contributed by atoms with van der Waals surface area (Å²) in [5.41, 5.74) is 1.99. The molecule has 0 spiro atoms. The summed E-state index contributed by atoms with van der Waals surface area (Å²) in [6.45, 7) is -0.284.